The Bertz CT molecular complexity index is 879. The molecule has 0 saturated carbocycles. The lowest BCUT2D eigenvalue weighted by molar-refractivity contribution is -0.118. The second kappa shape index (κ2) is 6.55. The average molecular weight is 365 g/mol. The van der Waals surface area contributed by atoms with Gasteiger partial charge in [-0.1, -0.05) is 23.7 Å². The number of benzene rings is 2. The van der Waals surface area contributed by atoms with Crippen LogP contribution in [0.4, 0.5) is 5.69 Å². The predicted octanol–water partition coefficient (Wildman–Crippen LogP) is 2.73. The molecule has 5 nitrogen and oxygen atoms in total. The van der Waals surface area contributed by atoms with E-state index in [4.69, 9.17) is 11.6 Å². The van der Waals surface area contributed by atoms with Crippen LogP contribution in [-0.4, -0.2) is 21.4 Å². The lowest BCUT2D eigenvalue weighted by Crippen LogP contribution is -2.31. The van der Waals surface area contributed by atoms with Crippen LogP contribution in [0.25, 0.3) is 0 Å². The molecule has 0 spiro atoms. The predicted molar refractivity (Wildman–Crippen MR) is 93.7 cm³/mol. The van der Waals surface area contributed by atoms with E-state index in [0.717, 1.165) is 16.8 Å². The maximum atomic E-state index is 12.5. The normalized spacial score (nSPS) is 14.6. The van der Waals surface area contributed by atoms with Crippen LogP contribution in [0.5, 0.6) is 0 Å². The summed E-state index contributed by atoms with van der Waals surface area (Å²) in [6.45, 7) is 0.189. The zero-order chi connectivity index (χ0) is 17.3. The van der Waals surface area contributed by atoms with Gasteiger partial charge in [-0.15, -0.1) is 0 Å². The first-order valence-electron chi connectivity index (χ1n) is 7.50. The molecule has 0 unspecified atom stereocenters. The third-order valence-corrected chi connectivity index (χ3v) is 5.74. The number of carbonyl (C=O) groups is 1. The maximum Gasteiger partial charge on any atom is 0.240 e. The van der Waals surface area contributed by atoms with Crippen LogP contribution in [0.2, 0.25) is 5.02 Å². The van der Waals surface area contributed by atoms with Crippen molar-refractivity contribution in [3.63, 3.8) is 0 Å². The number of nitrogens with zero attached hydrogens (tertiary/aromatic N) is 1. The maximum absolute atomic E-state index is 12.5. The quantitative estimate of drug-likeness (QED) is 0.907. The van der Waals surface area contributed by atoms with Crippen molar-refractivity contribution in [1.29, 1.82) is 0 Å². The van der Waals surface area contributed by atoms with E-state index < -0.39 is 10.0 Å². The average Bonchev–Trinajstić information content (AvgIpc) is 2.57. The second-order valence-electron chi connectivity index (χ2n) is 5.69. The highest BCUT2D eigenvalue weighted by Gasteiger charge is 2.23. The van der Waals surface area contributed by atoms with E-state index in [1.165, 1.54) is 6.07 Å². The van der Waals surface area contributed by atoms with Crippen LogP contribution < -0.4 is 9.62 Å². The smallest absolute Gasteiger partial charge is 0.240 e. The van der Waals surface area contributed by atoms with Gasteiger partial charge in [0.25, 0.3) is 0 Å². The Kier molecular flexibility index (Phi) is 4.62. The molecule has 0 aliphatic carbocycles. The highest BCUT2D eigenvalue weighted by atomic mass is 35.5. The Hall–Kier alpha value is -1.89. The van der Waals surface area contributed by atoms with Gasteiger partial charge in [-0.2, -0.15) is 0 Å². The highest BCUT2D eigenvalue weighted by Crippen LogP contribution is 2.29. The van der Waals surface area contributed by atoms with Crippen molar-refractivity contribution in [3.05, 3.63) is 58.6 Å². The summed E-state index contributed by atoms with van der Waals surface area (Å²) in [7, 11) is -1.92. The molecule has 24 heavy (non-hydrogen) atoms. The summed E-state index contributed by atoms with van der Waals surface area (Å²) in [5.74, 6) is 0.0407. The number of anilines is 1. The van der Waals surface area contributed by atoms with E-state index in [1.54, 1.807) is 48.3 Å². The first kappa shape index (κ1) is 17.0. The number of hydrogen-bond donors (Lipinski definition) is 1. The molecule has 1 aliphatic heterocycles. The molecular weight excluding hydrogens is 348 g/mol. The Labute approximate surface area is 146 Å². The summed E-state index contributed by atoms with van der Waals surface area (Å²) in [5.41, 5.74) is 2.46. The monoisotopic (exact) mass is 364 g/mol. The number of fused-ring (bicyclic) bond motifs is 1. The molecule has 3 rings (SSSR count). The lowest BCUT2D eigenvalue weighted by atomic mass is 10.0. The number of sulfonamides is 1. The van der Waals surface area contributed by atoms with Crippen molar-refractivity contribution in [1.82, 2.24) is 4.72 Å². The van der Waals surface area contributed by atoms with Gasteiger partial charge in [0, 0.05) is 30.7 Å². The number of rotatable bonds is 4. The number of aryl methyl sites for hydroxylation is 1. The van der Waals surface area contributed by atoms with Gasteiger partial charge in [0.05, 0.1) is 4.90 Å². The fraction of sp³-hybridized carbons (Fsp3) is 0.235. The molecule has 1 heterocycles. The van der Waals surface area contributed by atoms with Crippen molar-refractivity contribution in [2.75, 3.05) is 11.9 Å². The van der Waals surface area contributed by atoms with E-state index in [2.05, 4.69) is 4.72 Å². The van der Waals surface area contributed by atoms with Gasteiger partial charge in [0.1, 0.15) is 0 Å². The fourth-order valence-corrected chi connectivity index (χ4v) is 3.86. The Balaban J connectivity index is 1.80. The van der Waals surface area contributed by atoms with Gasteiger partial charge < -0.3 is 4.90 Å². The molecule has 0 saturated heterocycles. The molecule has 2 aromatic rings. The van der Waals surface area contributed by atoms with Crippen LogP contribution in [0.1, 0.15) is 17.5 Å². The van der Waals surface area contributed by atoms with Crippen molar-refractivity contribution in [2.24, 2.45) is 0 Å². The second-order valence-corrected chi connectivity index (χ2v) is 7.90. The summed E-state index contributed by atoms with van der Waals surface area (Å²) in [5, 5.41) is 0.606. The van der Waals surface area contributed by atoms with Gasteiger partial charge in [-0.05, 0) is 47.9 Å². The van der Waals surface area contributed by atoms with E-state index in [0.29, 0.717) is 17.9 Å². The summed E-state index contributed by atoms with van der Waals surface area (Å²) in [6, 6.07) is 11.8. The van der Waals surface area contributed by atoms with Crippen LogP contribution >= 0.6 is 11.6 Å². The van der Waals surface area contributed by atoms with E-state index in [9.17, 15) is 13.2 Å². The van der Waals surface area contributed by atoms with Crippen molar-refractivity contribution in [3.8, 4) is 0 Å². The molecule has 1 N–H and O–H groups in total. The lowest BCUT2D eigenvalue weighted by Gasteiger charge is -2.26. The molecule has 0 aromatic heterocycles. The van der Waals surface area contributed by atoms with Crippen LogP contribution in [-0.2, 0) is 27.8 Å². The fourth-order valence-electron chi connectivity index (χ4n) is 2.66. The SMILES string of the molecule is CN1C(=O)CCc2cc(S(=O)(=O)NCc3ccc(Cl)cc3)ccc21. The third-order valence-electron chi connectivity index (χ3n) is 4.08. The van der Waals surface area contributed by atoms with Gasteiger partial charge in [0.15, 0.2) is 0 Å². The van der Waals surface area contributed by atoms with Crippen LogP contribution in [0, 0.1) is 0 Å². The van der Waals surface area contributed by atoms with Crippen molar-refractivity contribution < 1.29 is 13.2 Å². The zero-order valence-corrected chi connectivity index (χ0v) is 14.7. The number of hydrogen-bond acceptors (Lipinski definition) is 3. The van der Waals surface area contributed by atoms with Crippen LogP contribution in [0.15, 0.2) is 47.4 Å². The number of carbonyl (C=O) groups excluding carboxylic acids is 1. The Morgan fingerprint density at radius 3 is 2.54 bits per heavy atom. The van der Waals surface area contributed by atoms with Gasteiger partial charge in [-0.3, -0.25) is 4.79 Å². The molecule has 0 radical (unpaired) electrons. The standard InChI is InChI=1S/C17H17ClN2O3S/c1-20-16-8-7-15(10-13(16)4-9-17(20)21)24(22,23)19-11-12-2-5-14(18)6-3-12/h2-3,5-8,10,19H,4,9,11H2,1H3. The largest absolute Gasteiger partial charge is 0.315 e. The molecule has 7 heteroatoms. The number of amides is 1. The van der Waals surface area contributed by atoms with Crippen LogP contribution in [0.3, 0.4) is 0 Å². The van der Waals surface area contributed by atoms with E-state index >= 15 is 0 Å². The number of nitrogens with one attached hydrogen (secondary N) is 1. The minimum atomic E-state index is -3.62. The molecule has 1 amide bonds. The van der Waals surface area contributed by atoms with Gasteiger partial charge >= 0.3 is 0 Å². The minimum Gasteiger partial charge on any atom is -0.315 e. The minimum absolute atomic E-state index is 0.0407. The summed E-state index contributed by atoms with van der Waals surface area (Å²) in [6.07, 6.45) is 0.949. The molecule has 0 bridgehead atoms. The molecule has 0 fully saturated rings. The zero-order valence-electron chi connectivity index (χ0n) is 13.1. The molecule has 1 aliphatic rings. The topological polar surface area (TPSA) is 66.5 Å². The van der Waals surface area contributed by atoms with E-state index in [1.807, 2.05) is 0 Å². The van der Waals surface area contributed by atoms with Crippen molar-refractivity contribution in [2.45, 2.75) is 24.3 Å². The molecular formula is C17H17ClN2O3S. The molecule has 126 valence electrons. The number of halogens is 1. The molecule has 2 aromatic carbocycles. The first-order chi connectivity index (χ1) is 11.4. The third kappa shape index (κ3) is 3.45. The van der Waals surface area contributed by atoms with Gasteiger partial charge in [0.2, 0.25) is 15.9 Å². The molecule has 0 atom stereocenters. The first-order valence-corrected chi connectivity index (χ1v) is 9.36. The Morgan fingerprint density at radius 2 is 1.83 bits per heavy atom. The summed E-state index contributed by atoms with van der Waals surface area (Å²) < 4.78 is 27.6. The van der Waals surface area contributed by atoms with Crippen molar-refractivity contribution >= 4 is 33.2 Å². The summed E-state index contributed by atoms with van der Waals surface area (Å²) >= 11 is 5.82. The van der Waals surface area contributed by atoms with Gasteiger partial charge in [-0.25, -0.2) is 13.1 Å². The summed E-state index contributed by atoms with van der Waals surface area (Å²) in [4.78, 5) is 13.5. The van der Waals surface area contributed by atoms with E-state index in [-0.39, 0.29) is 17.3 Å². The Morgan fingerprint density at radius 1 is 1.12 bits per heavy atom. The highest BCUT2D eigenvalue weighted by molar-refractivity contribution is 7.89.